The van der Waals surface area contributed by atoms with Gasteiger partial charge < -0.3 is 9.87 Å². The van der Waals surface area contributed by atoms with Gasteiger partial charge in [0.25, 0.3) is 0 Å². The van der Waals surface area contributed by atoms with Crippen LogP contribution < -0.4 is 21.2 Å². The number of rotatable bonds is 7. The molecule has 0 aromatic heterocycles. The number of allylic oxidation sites excluding steroid dienone is 1. The van der Waals surface area contributed by atoms with E-state index in [0.717, 1.165) is 0 Å². The average Bonchev–Trinajstić information content (AvgIpc) is 2.94. The van der Waals surface area contributed by atoms with Crippen molar-refractivity contribution in [2.45, 2.75) is 19.4 Å². The molecule has 4 aromatic carbocycles. The Bertz CT molecular complexity index is 1400. The van der Waals surface area contributed by atoms with Crippen molar-refractivity contribution >= 4 is 38.6 Å². The van der Waals surface area contributed by atoms with Gasteiger partial charge in [0.2, 0.25) is 0 Å². The summed E-state index contributed by atoms with van der Waals surface area (Å²) in [4.78, 5) is 0. The molecule has 4 aromatic rings. The molecule has 210 valence electrons. The van der Waals surface area contributed by atoms with E-state index in [1.807, 2.05) is 0 Å². The van der Waals surface area contributed by atoms with Gasteiger partial charge in [-0.05, 0) is 42.3 Å². The molecular formula is C31H31F3NO3PS. The van der Waals surface area contributed by atoms with Crippen molar-refractivity contribution in [1.29, 1.82) is 0 Å². The highest BCUT2D eigenvalue weighted by molar-refractivity contribution is 8.03. The summed E-state index contributed by atoms with van der Waals surface area (Å²) in [5.41, 5.74) is -3.08. The summed E-state index contributed by atoms with van der Waals surface area (Å²) in [5.74, 6) is 0.353. The molecule has 0 saturated carbocycles. The number of benzene rings is 4. The number of hydrogen-bond acceptors (Lipinski definition) is 4. The fourth-order valence-corrected chi connectivity index (χ4v) is 9.39. The fourth-order valence-electron chi connectivity index (χ4n) is 4.60. The fraction of sp³-hybridized carbons (Fsp3) is 0.161. The first-order chi connectivity index (χ1) is 18.9. The smallest absolute Gasteiger partial charge is 0.485 e. The molecule has 0 amide bonds. The highest BCUT2D eigenvalue weighted by Gasteiger charge is 2.51. The maximum atomic E-state index is 10.7. The summed E-state index contributed by atoms with van der Waals surface area (Å²) in [5, 5.41) is 9.12. The topological polar surface area (TPSA) is 69.2 Å². The van der Waals surface area contributed by atoms with Gasteiger partial charge in [0, 0.05) is 12.6 Å². The first-order valence-corrected chi connectivity index (χ1v) is 15.7. The average molecular weight is 586 g/mol. The van der Waals surface area contributed by atoms with Crippen LogP contribution in [0.2, 0.25) is 0 Å². The minimum atomic E-state index is -6.09. The molecule has 0 saturated heterocycles. The molecule has 9 heteroatoms. The van der Waals surface area contributed by atoms with Crippen molar-refractivity contribution in [2.75, 3.05) is 7.05 Å². The van der Waals surface area contributed by atoms with Crippen LogP contribution in [0.4, 0.5) is 13.2 Å². The molecule has 0 aliphatic rings. The van der Waals surface area contributed by atoms with Crippen LogP contribution in [0.5, 0.6) is 0 Å². The minimum absolute atomic E-state index is 0.353. The van der Waals surface area contributed by atoms with E-state index in [4.69, 9.17) is 13.0 Å². The predicted molar refractivity (Wildman–Crippen MR) is 158 cm³/mol. The molecule has 0 fully saturated rings. The Morgan fingerprint density at radius 1 is 0.700 bits per heavy atom. The lowest BCUT2D eigenvalue weighted by Crippen LogP contribution is -2.34. The lowest BCUT2D eigenvalue weighted by molar-refractivity contribution is -0.0517. The summed E-state index contributed by atoms with van der Waals surface area (Å²) in [6.07, 6.45) is 0. The van der Waals surface area contributed by atoms with E-state index in [-0.39, 0.29) is 0 Å². The molecule has 0 unspecified atom stereocenters. The first kappa shape index (κ1) is 31.1. The Morgan fingerprint density at radius 3 is 1.25 bits per heavy atom. The van der Waals surface area contributed by atoms with Crippen molar-refractivity contribution < 1.29 is 26.1 Å². The van der Waals surface area contributed by atoms with Gasteiger partial charge >= 0.3 is 5.51 Å². The summed E-state index contributed by atoms with van der Waals surface area (Å²) in [7, 11) is -6.22. The van der Waals surface area contributed by atoms with Crippen molar-refractivity contribution in [3.63, 3.8) is 0 Å². The zero-order chi connectivity index (χ0) is 29.4. The zero-order valence-electron chi connectivity index (χ0n) is 22.3. The molecule has 0 aliphatic carbocycles. The van der Waals surface area contributed by atoms with E-state index >= 15 is 0 Å². The SMILES string of the molecule is CN/C(=C(\c1ccccc1)[P+](c1ccccc1)(c1ccccc1)c1ccccc1)C(C)C.O=S(=O)([O-])C(F)(F)F. The number of halogens is 3. The van der Waals surface area contributed by atoms with E-state index in [9.17, 15) is 13.2 Å². The number of nitrogens with one attached hydrogen (secondary N) is 1. The standard InChI is InChI=1S/C30H31NP.CHF3O3S/c1-24(2)29(31-3)30(25-16-8-4-9-17-25)32(26-18-10-5-11-19-26,27-20-12-6-13-21-27)28-22-14-7-15-23-28;2-1(3,4)8(5,6)7/h4-24,31H,1-3H3;(H,5,6,7)/q+1;/p-1/b30-29+;. The third-order valence-electron chi connectivity index (χ3n) is 6.20. The van der Waals surface area contributed by atoms with Gasteiger partial charge in [0.15, 0.2) is 10.1 Å². The Morgan fingerprint density at radius 2 is 1.00 bits per heavy atom. The van der Waals surface area contributed by atoms with Gasteiger partial charge in [-0.3, -0.25) is 0 Å². The number of hydrogen-bond donors (Lipinski definition) is 1. The lowest BCUT2D eigenvalue weighted by atomic mass is 10.1. The monoisotopic (exact) mass is 585 g/mol. The van der Waals surface area contributed by atoms with Crippen molar-refractivity contribution in [3.8, 4) is 0 Å². The second-order valence-electron chi connectivity index (χ2n) is 9.11. The molecule has 0 spiro atoms. The minimum Gasteiger partial charge on any atom is -0.741 e. The largest absolute Gasteiger partial charge is 0.741 e. The van der Waals surface area contributed by atoms with Gasteiger partial charge in [-0.2, -0.15) is 13.2 Å². The summed E-state index contributed by atoms with van der Waals surface area (Å²) < 4.78 is 58.9. The zero-order valence-corrected chi connectivity index (χ0v) is 24.0. The van der Waals surface area contributed by atoms with Crippen molar-refractivity contribution in [3.05, 3.63) is 133 Å². The van der Waals surface area contributed by atoms with Gasteiger partial charge in [-0.15, -0.1) is 0 Å². The van der Waals surface area contributed by atoms with Crippen LogP contribution >= 0.6 is 7.26 Å². The third kappa shape index (κ3) is 6.81. The molecule has 4 rings (SSSR count). The van der Waals surface area contributed by atoms with E-state index < -0.39 is 22.9 Å². The van der Waals surface area contributed by atoms with E-state index in [1.165, 1.54) is 32.5 Å². The van der Waals surface area contributed by atoms with Crippen LogP contribution in [0, 0.1) is 5.92 Å². The predicted octanol–water partition coefficient (Wildman–Crippen LogP) is 6.28. The molecule has 1 N–H and O–H groups in total. The quantitative estimate of drug-likeness (QED) is 0.158. The van der Waals surface area contributed by atoms with Gasteiger partial charge in [-0.25, -0.2) is 8.42 Å². The number of alkyl halides is 3. The molecule has 0 heterocycles. The van der Waals surface area contributed by atoms with Crippen LogP contribution in [-0.2, 0) is 10.1 Å². The van der Waals surface area contributed by atoms with E-state index in [0.29, 0.717) is 5.92 Å². The Hall–Kier alpha value is -3.45. The van der Waals surface area contributed by atoms with E-state index in [1.54, 1.807) is 0 Å². The summed E-state index contributed by atoms with van der Waals surface area (Å²) >= 11 is 0. The third-order valence-corrected chi connectivity index (χ3v) is 11.2. The maximum Gasteiger partial charge on any atom is 0.485 e. The van der Waals surface area contributed by atoms with Crippen molar-refractivity contribution in [2.24, 2.45) is 5.92 Å². The molecule has 0 bridgehead atoms. The molecule has 0 aliphatic heterocycles. The first-order valence-electron chi connectivity index (χ1n) is 12.5. The highest BCUT2D eigenvalue weighted by atomic mass is 32.2. The van der Waals surface area contributed by atoms with Crippen LogP contribution in [0.15, 0.2) is 127 Å². The lowest BCUT2D eigenvalue weighted by Gasteiger charge is -2.32. The molecule has 0 atom stereocenters. The normalized spacial score (nSPS) is 12.7. The van der Waals surface area contributed by atoms with Crippen LogP contribution in [0.3, 0.4) is 0 Å². The van der Waals surface area contributed by atoms with E-state index in [2.05, 4.69) is 148 Å². The molecular weight excluding hydrogens is 554 g/mol. The molecule has 40 heavy (non-hydrogen) atoms. The van der Waals surface area contributed by atoms with Crippen LogP contribution in [0.25, 0.3) is 5.31 Å². The second kappa shape index (κ2) is 13.3. The van der Waals surface area contributed by atoms with Crippen molar-refractivity contribution in [1.82, 2.24) is 5.32 Å². The summed E-state index contributed by atoms with van der Waals surface area (Å²) in [6.45, 7) is 4.56. The Labute approximate surface area is 234 Å². The van der Waals surface area contributed by atoms with Crippen LogP contribution in [0.1, 0.15) is 19.4 Å². The second-order valence-corrected chi connectivity index (χ2v) is 13.8. The summed E-state index contributed by atoms with van der Waals surface area (Å²) in [6, 6.07) is 44.2. The van der Waals surface area contributed by atoms with Gasteiger partial charge in [0.05, 0.1) is 5.70 Å². The Kier molecular flexibility index (Phi) is 10.3. The molecule has 4 nitrogen and oxygen atoms in total. The van der Waals surface area contributed by atoms with Gasteiger partial charge in [0.1, 0.15) is 28.5 Å². The van der Waals surface area contributed by atoms with Gasteiger partial charge in [-0.1, -0.05) is 98.8 Å². The highest BCUT2D eigenvalue weighted by Crippen LogP contribution is 2.67. The molecule has 0 radical (unpaired) electrons. The Balaban J connectivity index is 0.000000482. The maximum absolute atomic E-state index is 10.7. The van der Waals surface area contributed by atoms with Crippen LogP contribution in [-0.4, -0.2) is 25.5 Å².